The summed E-state index contributed by atoms with van der Waals surface area (Å²) in [6.07, 6.45) is 1.70. The zero-order valence-electron chi connectivity index (χ0n) is 13.6. The van der Waals surface area contributed by atoms with E-state index in [-0.39, 0.29) is 11.2 Å². The molecule has 0 N–H and O–H groups in total. The number of fused-ring (bicyclic) bond motifs is 1. The summed E-state index contributed by atoms with van der Waals surface area (Å²) in [5.41, 5.74) is 2.39. The number of hydrogen-bond acceptors (Lipinski definition) is 6. The number of benzene rings is 2. The molecule has 128 valence electrons. The molecule has 7 nitrogen and oxygen atoms in total. The van der Waals surface area contributed by atoms with Gasteiger partial charge in [0.05, 0.1) is 9.46 Å². The van der Waals surface area contributed by atoms with E-state index in [4.69, 9.17) is 0 Å². The van der Waals surface area contributed by atoms with Gasteiger partial charge in [0.2, 0.25) is 4.96 Å². The van der Waals surface area contributed by atoms with E-state index in [1.54, 1.807) is 18.2 Å². The fourth-order valence-electron chi connectivity index (χ4n) is 2.70. The molecule has 2 aromatic carbocycles. The maximum absolute atomic E-state index is 12.8. The largest absolute Gasteiger partial charge is 0.276 e. The Labute approximate surface area is 151 Å². The molecule has 0 bridgehead atoms. The van der Waals surface area contributed by atoms with Crippen molar-refractivity contribution in [2.24, 2.45) is 0 Å². The van der Waals surface area contributed by atoms with Crippen LogP contribution in [-0.4, -0.2) is 19.5 Å². The predicted molar refractivity (Wildman–Crippen MR) is 99.2 cm³/mol. The van der Waals surface area contributed by atoms with Gasteiger partial charge in [0.1, 0.15) is 0 Å². The highest BCUT2D eigenvalue weighted by molar-refractivity contribution is 7.15. The second-order valence-corrected chi connectivity index (χ2v) is 6.73. The van der Waals surface area contributed by atoms with Gasteiger partial charge in [-0.3, -0.25) is 14.9 Å². The molecule has 0 aliphatic rings. The van der Waals surface area contributed by atoms with Crippen LogP contribution in [0.25, 0.3) is 22.4 Å². The van der Waals surface area contributed by atoms with Gasteiger partial charge in [-0.2, -0.15) is 0 Å². The van der Waals surface area contributed by atoms with Crippen LogP contribution in [0.1, 0.15) is 11.1 Å². The summed E-state index contributed by atoms with van der Waals surface area (Å²) in [7, 11) is 0. The van der Waals surface area contributed by atoms with E-state index >= 15 is 0 Å². The van der Waals surface area contributed by atoms with E-state index in [0.29, 0.717) is 20.9 Å². The molecular weight excluding hydrogens is 352 g/mol. The van der Waals surface area contributed by atoms with E-state index in [2.05, 4.69) is 10.2 Å². The fourth-order valence-corrected chi connectivity index (χ4v) is 3.62. The van der Waals surface area contributed by atoms with Crippen molar-refractivity contribution in [1.82, 2.24) is 14.6 Å². The van der Waals surface area contributed by atoms with Gasteiger partial charge in [-0.15, -0.1) is 10.2 Å². The summed E-state index contributed by atoms with van der Waals surface area (Å²) >= 11 is 1.24. The minimum atomic E-state index is -0.456. The average molecular weight is 364 g/mol. The van der Waals surface area contributed by atoms with Crippen molar-refractivity contribution < 1.29 is 4.92 Å². The maximum atomic E-state index is 12.8. The van der Waals surface area contributed by atoms with Crippen LogP contribution in [0.4, 0.5) is 5.69 Å². The smallest absolute Gasteiger partial charge is 0.267 e. The third kappa shape index (κ3) is 2.66. The molecule has 4 rings (SSSR count). The number of nitro benzene ring substituents is 1. The van der Waals surface area contributed by atoms with Crippen molar-refractivity contribution >= 4 is 28.1 Å². The van der Waals surface area contributed by atoms with Crippen molar-refractivity contribution in [3.05, 3.63) is 84.7 Å². The van der Waals surface area contributed by atoms with Gasteiger partial charge >= 0.3 is 0 Å². The molecule has 0 unspecified atom stereocenters. The molecule has 0 amide bonds. The SMILES string of the molecule is Cc1ccccc1-c1nnc2s/c(=C\c3ccc([N+](=O)[O-])cc3)c(=O)n12. The number of nitrogens with zero attached hydrogens (tertiary/aromatic N) is 4. The zero-order chi connectivity index (χ0) is 18.3. The van der Waals surface area contributed by atoms with Crippen LogP contribution in [0.15, 0.2) is 53.3 Å². The fraction of sp³-hybridized carbons (Fsp3) is 0.0556. The van der Waals surface area contributed by atoms with Crippen molar-refractivity contribution in [2.75, 3.05) is 0 Å². The lowest BCUT2D eigenvalue weighted by Gasteiger charge is -2.00. The molecule has 8 heteroatoms. The molecule has 0 saturated carbocycles. The monoisotopic (exact) mass is 364 g/mol. The van der Waals surface area contributed by atoms with Gasteiger partial charge < -0.3 is 0 Å². The highest BCUT2D eigenvalue weighted by Gasteiger charge is 2.15. The number of rotatable bonds is 3. The molecule has 0 fully saturated rings. The van der Waals surface area contributed by atoms with E-state index in [0.717, 1.165) is 11.1 Å². The van der Waals surface area contributed by atoms with Crippen molar-refractivity contribution in [1.29, 1.82) is 0 Å². The van der Waals surface area contributed by atoms with Gasteiger partial charge in [0.25, 0.3) is 11.2 Å². The molecule has 0 radical (unpaired) electrons. The van der Waals surface area contributed by atoms with Crippen LogP contribution >= 0.6 is 11.3 Å². The molecule has 2 aromatic heterocycles. The third-order valence-electron chi connectivity index (χ3n) is 4.04. The van der Waals surface area contributed by atoms with Gasteiger partial charge in [0, 0.05) is 17.7 Å². The van der Waals surface area contributed by atoms with Crippen LogP contribution < -0.4 is 10.1 Å². The van der Waals surface area contributed by atoms with Crippen LogP contribution in [0.2, 0.25) is 0 Å². The first-order chi connectivity index (χ1) is 12.5. The summed E-state index contributed by atoms with van der Waals surface area (Å²) in [6, 6.07) is 13.7. The molecule has 0 atom stereocenters. The molecule has 0 aliphatic heterocycles. The second kappa shape index (κ2) is 6.16. The number of non-ortho nitro benzene ring substituents is 1. The Bertz CT molecular complexity index is 1240. The van der Waals surface area contributed by atoms with Crippen molar-refractivity contribution in [2.45, 2.75) is 6.92 Å². The minimum absolute atomic E-state index is 0.0107. The normalized spacial score (nSPS) is 12.0. The standard InChI is InChI=1S/C18H12N4O3S/c1-11-4-2-3-5-14(11)16-19-20-18-21(16)17(23)15(26-18)10-12-6-8-13(9-7-12)22(24)25/h2-10H,1H3/b15-10-. The quantitative estimate of drug-likeness (QED) is 0.412. The number of hydrogen-bond donors (Lipinski definition) is 0. The van der Waals surface area contributed by atoms with E-state index < -0.39 is 4.92 Å². The van der Waals surface area contributed by atoms with Crippen molar-refractivity contribution in [3.63, 3.8) is 0 Å². The zero-order valence-corrected chi connectivity index (χ0v) is 14.4. The predicted octanol–water partition coefficient (Wildman–Crippen LogP) is 2.58. The molecular formula is C18H12N4O3S. The first-order valence-electron chi connectivity index (χ1n) is 7.75. The van der Waals surface area contributed by atoms with Gasteiger partial charge in [0.15, 0.2) is 5.82 Å². The van der Waals surface area contributed by atoms with Crippen molar-refractivity contribution in [3.8, 4) is 11.4 Å². The lowest BCUT2D eigenvalue weighted by molar-refractivity contribution is -0.384. The third-order valence-corrected chi connectivity index (χ3v) is 5.00. The summed E-state index contributed by atoms with van der Waals surface area (Å²) in [4.78, 5) is 23.6. The maximum Gasteiger partial charge on any atom is 0.276 e. The van der Waals surface area contributed by atoms with Gasteiger partial charge in [-0.25, -0.2) is 4.40 Å². The van der Waals surface area contributed by atoms with E-state index in [1.807, 2.05) is 31.2 Å². The Kier molecular flexibility index (Phi) is 3.81. The Morgan fingerprint density at radius 1 is 1.12 bits per heavy atom. The van der Waals surface area contributed by atoms with Crippen LogP contribution in [0.5, 0.6) is 0 Å². The van der Waals surface area contributed by atoms with E-state index in [1.165, 1.54) is 27.9 Å². The summed E-state index contributed by atoms with van der Waals surface area (Å²) < 4.78 is 2.00. The Balaban J connectivity index is 1.86. The lowest BCUT2D eigenvalue weighted by Crippen LogP contribution is -2.23. The van der Waals surface area contributed by atoms with Gasteiger partial charge in [-0.1, -0.05) is 35.6 Å². The molecule has 0 spiro atoms. The molecule has 0 aliphatic carbocycles. The Morgan fingerprint density at radius 2 is 1.85 bits per heavy atom. The average Bonchev–Trinajstić information content (AvgIpc) is 3.17. The summed E-state index contributed by atoms with van der Waals surface area (Å²) in [6.45, 7) is 1.96. The molecule has 2 heterocycles. The second-order valence-electron chi connectivity index (χ2n) is 5.72. The topological polar surface area (TPSA) is 90.4 Å². The first kappa shape index (κ1) is 16.1. The number of aryl methyl sites for hydroxylation is 1. The molecule has 0 saturated heterocycles. The highest BCUT2D eigenvalue weighted by Crippen LogP contribution is 2.21. The Morgan fingerprint density at radius 3 is 2.54 bits per heavy atom. The van der Waals surface area contributed by atoms with E-state index in [9.17, 15) is 14.9 Å². The van der Waals surface area contributed by atoms with Crippen LogP contribution in [0, 0.1) is 17.0 Å². The highest BCUT2D eigenvalue weighted by atomic mass is 32.1. The first-order valence-corrected chi connectivity index (χ1v) is 8.56. The number of thiazole rings is 1. The molecule has 4 aromatic rings. The lowest BCUT2D eigenvalue weighted by atomic mass is 10.1. The van der Waals surface area contributed by atoms with Gasteiger partial charge in [-0.05, 0) is 36.3 Å². The van der Waals surface area contributed by atoms with Crippen LogP contribution in [0.3, 0.4) is 0 Å². The summed E-state index contributed by atoms with van der Waals surface area (Å²) in [5, 5.41) is 19.0. The molecule has 26 heavy (non-hydrogen) atoms. The minimum Gasteiger partial charge on any atom is -0.267 e. The number of aromatic nitrogens is 3. The summed E-state index contributed by atoms with van der Waals surface area (Å²) in [5.74, 6) is 0.516. The Hall–Kier alpha value is -3.39. The number of nitro groups is 1. The van der Waals surface area contributed by atoms with Crippen LogP contribution in [-0.2, 0) is 0 Å².